The van der Waals surface area contributed by atoms with Crippen LogP contribution in [0.5, 0.6) is 0 Å². The summed E-state index contributed by atoms with van der Waals surface area (Å²) in [6.45, 7) is 4.41. The molecule has 2 rings (SSSR count). The first-order valence-corrected chi connectivity index (χ1v) is 7.44. The van der Waals surface area contributed by atoms with Crippen molar-refractivity contribution in [2.45, 2.75) is 32.7 Å². The topological polar surface area (TPSA) is 63.8 Å². The van der Waals surface area contributed by atoms with Crippen molar-refractivity contribution in [2.75, 3.05) is 11.9 Å². The van der Waals surface area contributed by atoms with Crippen molar-refractivity contribution >= 4 is 16.7 Å². The van der Waals surface area contributed by atoms with Crippen molar-refractivity contribution in [1.29, 1.82) is 0 Å². The Morgan fingerprint density at radius 2 is 2.25 bits per heavy atom. The van der Waals surface area contributed by atoms with Crippen LogP contribution < -0.4 is 11.1 Å². The number of nitrogens with two attached hydrogens (primary N) is 1. The fourth-order valence-electron chi connectivity index (χ4n) is 1.89. The van der Waals surface area contributed by atoms with E-state index in [2.05, 4.69) is 21.6 Å². The summed E-state index contributed by atoms with van der Waals surface area (Å²) >= 11 is 1.33. The standard InChI is InChI=1S/C14H19FN4S/c1-3-11(8-16)17-14-18-13(19-20-14)7-10-4-5-12(15)9(2)6-10/h4-6,11H,3,7-8,16H2,1-2H3,(H,17,18,19). The van der Waals surface area contributed by atoms with E-state index in [9.17, 15) is 4.39 Å². The molecule has 0 spiro atoms. The minimum Gasteiger partial charge on any atom is -0.356 e. The van der Waals surface area contributed by atoms with Gasteiger partial charge in [0.25, 0.3) is 0 Å². The summed E-state index contributed by atoms with van der Waals surface area (Å²) in [5, 5.41) is 4.05. The van der Waals surface area contributed by atoms with E-state index in [1.165, 1.54) is 17.6 Å². The minimum absolute atomic E-state index is 0.184. The number of benzene rings is 1. The molecular weight excluding hydrogens is 275 g/mol. The van der Waals surface area contributed by atoms with Crippen LogP contribution in [0.4, 0.5) is 9.52 Å². The van der Waals surface area contributed by atoms with Crippen LogP contribution in [0.2, 0.25) is 0 Å². The predicted molar refractivity (Wildman–Crippen MR) is 80.6 cm³/mol. The molecule has 4 nitrogen and oxygen atoms in total. The molecule has 3 N–H and O–H groups in total. The molecular formula is C14H19FN4S. The highest BCUT2D eigenvalue weighted by Crippen LogP contribution is 2.17. The van der Waals surface area contributed by atoms with Gasteiger partial charge in [-0.2, -0.15) is 4.37 Å². The summed E-state index contributed by atoms with van der Waals surface area (Å²) < 4.78 is 17.5. The summed E-state index contributed by atoms with van der Waals surface area (Å²) in [6, 6.07) is 5.31. The van der Waals surface area contributed by atoms with Crippen molar-refractivity contribution < 1.29 is 4.39 Å². The van der Waals surface area contributed by atoms with Crippen molar-refractivity contribution in [3.63, 3.8) is 0 Å². The van der Waals surface area contributed by atoms with E-state index in [4.69, 9.17) is 5.73 Å². The second kappa shape index (κ2) is 6.76. The number of halogens is 1. The summed E-state index contributed by atoms with van der Waals surface area (Å²) in [5.41, 5.74) is 7.31. The van der Waals surface area contributed by atoms with Gasteiger partial charge in [-0.15, -0.1) is 0 Å². The Bertz CT molecular complexity index is 566. The summed E-state index contributed by atoms with van der Waals surface area (Å²) in [5.74, 6) is 0.562. The zero-order valence-electron chi connectivity index (χ0n) is 11.7. The number of hydrogen-bond donors (Lipinski definition) is 2. The van der Waals surface area contributed by atoms with Gasteiger partial charge in [-0.3, -0.25) is 0 Å². The lowest BCUT2D eigenvalue weighted by atomic mass is 10.1. The first-order chi connectivity index (χ1) is 9.62. The number of anilines is 1. The van der Waals surface area contributed by atoms with Crippen molar-refractivity contribution in [3.8, 4) is 0 Å². The van der Waals surface area contributed by atoms with Gasteiger partial charge in [0.2, 0.25) is 5.13 Å². The molecule has 6 heteroatoms. The first-order valence-electron chi connectivity index (χ1n) is 6.66. The van der Waals surface area contributed by atoms with Crippen molar-refractivity contribution in [1.82, 2.24) is 9.36 Å². The van der Waals surface area contributed by atoms with Crippen LogP contribution in [0.15, 0.2) is 18.2 Å². The maximum Gasteiger partial charge on any atom is 0.202 e. The average molecular weight is 294 g/mol. The molecule has 1 aromatic carbocycles. The van der Waals surface area contributed by atoms with E-state index in [1.807, 2.05) is 6.07 Å². The highest BCUT2D eigenvalue weighted by Gasteiger charge is 2.09. The fraction of sp³-hybridized carbons (Fsp3) is 0.429. The number of hydrogen-bond acceptors (Lipinski definition) is 5. The normalized spacial score (nSPS) is 12.4. The molecule has 0 bridgehead atoms. The predicted octanol–water partition coefficient (Wildman–Crippen LogP) is 2.73. The van der Waals surface area contributed by atoms with Gasteiger partial charge in [0, 0.05) is 30.5 Å². The molecule has 0 amide bonds. The number of rotatable bonds is 6. The number of nitrogens with one attached hydrogen (secondary N) is 1. The molecule has 0 aliphatic carbocycles. The Labute approximate surface area is 122 Å². The highest BCUT2D eigenvalue weighted by atomic mass is 32.1. The second-order valence-corrected chi connectivity index (χ2v) is 5.51. The molecule has 0 aliphatic heterocycles. The number of nitrogens with zero attached hydrogens (tertiary/aromatic N) is 2. The zero-order chi connectivity index (χ0) is 14.5. The molecule has 2 aromatic rings. The van der Waals surface area contributed by atoms with E-state index in [0.717, 1.165) is 22.9 Å². The third kappa shape index (κ3) is 3.74. The van der Waals surface area contributed by atoms with Crippen LogP contribution >= 0.6 is 11.5 Å². The molecule has 0 radical (unpaired) electrons. The Morgan fingerprint density at radius 1 is 1.45 bits per heavy atom. The van der Waals surface area contributed by atoms with E-state index in [1.54, 1.807) is 13.0 Å². The molecule has 0 aliphatic rings. The smallest absolute Gasteiger partial charge is 0.202 e. The third-order valence-corrected chi connectivity index (χ3v) is 3.84. The van der Waals surface area contributed by atoms with Crippen LogP contribution in [-0.4, -0.2) is 21.9 Å². The van der Waals surface area contributed by atoms with Gasteiger partial charge in [-0.1, -0.05) is 19.1 Å². The molecule has 1 heterocycles. The Balaban J connectivity index is 2.03. The fourth-order valence-corrected chi connectivity index (χ4v) is 2.55. The second-order valence-electron chi connectivity index (χ2n) is 4.76. The molecule has 1 aromatic heterocycles. The van der Waals surface area contributed by atoms with Crippen LogP contribution in [0, 0.1) is 12.7 Å². The van der Waals surface area contributed by atoms with Crippen LogP contribution in [0.1, 0.15) is 30.3 Å². The molecule has 0 fully saturated rings. The summed E-state index contributed by atoms with van der Waals surface area (Å²) in [7, 11) is 0. The molecule has 108 valence electrons. The third-order valence-electron chi connectivity index (χ3n) is 3.16. The Kier molecular flexibility index (Phi) is 5.03. The van der Waals surface area contributed by atoms with Gasteiger partial charge < -0.3 is 11.1 Å². The SMILES string of the molecule is CCC(CN)Nc1nc(Cc2ccc(F)c(C)c2)ns1. The number of aromatic nitrogens is 2. The van der Waals surface area contributed by atoms with E-state index >= 15 is 0 Å². The first kappa shape index (κ1) is 14.9. The highest BCUT2D eigenvalue weighted by molar-refractivity contribution is 7.09. The lowest BCUT2D eigenvalue weighted by molar-refractivity contribution is 0.617. The summed E-state index contributed by atoms with van der Waals surface area (Å²) in [4.78, 5) is 4.44. The summed E-state index contributed by atoms with van der Waals surface area (Å²) in [6.07, 6.45) is 1.56. The largest absolute Gasteiger partial charge is 0.356 e. The van der Waals surface area contributed by atoms with Gasteiger partial charge in [0.05, 0.1) is 0 Å². The maximum absolute atomic E-state index is 13.2. The Hall–Kier alpha value is -1.53. The van der Waals surface area contributed by atoms with Gasteiger partial charge >= 0.3 is 0 Å². The van der Waals surface area contributed by atoms with Crippen LogP contribution in [0.3, 0.4) is 0 Å². The monoisotopic (exact) mass is 294 g/mol. The van der Waals surface area contributed by atoms with Gasteiger partial charge in [0.15, 0.2) is 0 Å². The van der Waals surface area contributed by atoms with Crippen LogP contribution in [0.25, 0.3) is 0 Å². The number of aryl methyl sites for hydroxylation is 1. The van der Waals surface area contributed by atoms with Gasteiger partial charge in [0.1, 0.15) is 11.6 Å². The lowest BCUT2D eigenvalue weighted by Crippen LogP contribution is -2.27. The average Bonchev–Trinajstić information content (AvgIpc) is 2.87. The van der Waals surface area contributed by atoms with E-state index in [-0.39, 0.29) is 11.9 Å². The van der Waals surface area contributed by atoms with Gasteiger partial charge in [-0.05, 0) is 30.5 Å². The quantitative estimate of drug-likeness (QED) is 0.860. The molecule has 1 unspecified atom stereocenters. The van der Waals surface area contributed by atoms with E-state index in [0.29, 0.717) is 18.5 Å². The van der Waals surface area contributed by atoms with Crippen molar-refractivity contribution in [3.05, 3.63) is 41.0 Å². The minimum atomic E-state index is -0.184. The molecule has 20 heavy (non-hydrogen) atoms. The van der Waals surface area contributed by atoms with Gasteiger partial charge in [-0.25, -0.2) is 9.37 Å². The molecule has 1 atom stereocenters. The Morgan fingerprint density at radius 3 is 2.90 bits per heavy atom. The molecule has 0 saturated heterocycles. The molecule has 0 saturated carbocycles. The van der Waals surface area contributed by atoms with E-state index < -0.39 is 0 Å². The maximum atomic E-state index is 13.2. The lowest BCUT2D eigenvalue weighted by Gasteiger charge is -2.12. The van der Waals surface area contributed by atoms with Crippen molar-refractivity contribution in [2.24, 2.45) is 5.73 Å². The zero-order valence-corrected chi connectivity index (χ0v) is 12.5. The van der Waals surface area contributed by atoms with Crippen LogP contribution in [-0.2, 0) is 6.42 Å².